The molecule has 40 heavy (non-hydrogen) atoms. The number of aryl methyl sites for hydroxylation is 1. The third-order valence-electron chi connectivity index (χ3n) is 6.89. The number of hydrogen-bond acceptors (Lipinski definition) is 11. The molecular formula is C28H27N5O7. The molecule has 6 rings (SSSR count). The monoisotopic (exact) mass is 545 g/mol. The van der Waals surface area contributed by atoms with Crippen molar-refractivity contribution in [2.75, 3.05) is 18.7 Å². The fraction of sp³-hybridized carbons (Fsp3) is 0.286. The van der Waals surface area contributed by atoms with Crippen LogP contribution in [-0.4, -0.2) is 67.4 Å². The molecule has 0 radical (unpaired) electrons. The maximum absolute atomic E-state index is 12.5. The lowest BCUT2D eigenvalue weighted by molar-refractivity contribution is -0.143. The van der Waals surface area contributed by atoms with Crippen molar-refractivity contribution in [2.45, 2.75) is 38.0 Å². The van der Waals surface area contributed by atoms with Gasteiger partial charge in [0.2, 0.25) is 6.79 Å². The molecule has 2 aliphatic rings. The molecule has 0 spiro atoms. The molecule has 2 aliphatic heterocycles. The van der Waals surface area contributed by atoms with E-state index in [-0.39, 0.29) is 19.0 Å². The van der Waals surface area contributed by atoms with Crippen molar-refractivity contribution in [3.63, 3.8) is 0 Å². The van der Waals surface area contributed by atoms with Gasteiger partial charge in [0, 0.05) is 6.54 Å². The fourth-order valence-corrected chi connectivity index (χ4v) is 4.62. The second-order valence-corrected chi connectivity index (χ2v) is 9.58. The molecule has 12 nitrogen and oxygen atoms in total. The number of aliphatic hydroxyl groups is 2. The molecule has 0 aliphatic carbocycles. The normalized spacial score (nSPS) is 21.5. The summed E-state index contributed by atoms with van der Waals surface area (Å²) < 4.78 is 23.6. The van der Waals surface area contributed by atoms with E-state index in [0.29, 0.717) is 40.6 Å². The average Bonchev–Trinajstić information content (AvgIpc) is 3.68. The van der Waals surface area contributed by atoms with E-state index in [0.717, 1.165) is 11.1 Å². The van der Waals surface area contributed by atoms with Crippen LogP contribution in [0.3, 0.4) is 0 Å². The standard InChI is InChI=1S/C28H27N5O7/c1-15-3-6-18(7-4-15)16(2)28(36)37-11-21-23(34)24(35)27(40-21)33-13-32-22-25(30-12-31-26(22)33)29-10-17-5-8-19-20(9-17)39-14-38-19/h3-9,12-13,21,23-24,27,34-35H,2,10-11,14H2,1H3,(H,29,30,31)/t21-,23-,24-,27-/m1/s1. The first-order valence-electron chi connectivity index (χ1n) is 12.6. The predicted octanol–water partition coefficient (Wildman–Crippen LogP) is 2.35. The van der Waals surface area contributed by atoms with Gasteiger partial charge in [0.25, 0.3) is 0 Å². The number of esters is 1. The highest BCUT2D eigenvalue weighted by atomic mass is 16.7. The maximum Gasteiger partial charge on any atom is 0.338 e. The molecule has 2 aromatic heterocycles. The Kier molecular flexibility index (Phi) is 6.80. The minimum Gasteiger partial charge on any atom is -0.459 e. The Morgan fingerprint density at radius 3 is 2.73 bits per heavy atom. The smallest absolute Gasteiger partial charge is 0.338 e. The lowest BCUT2D eigenvalue weighted by Gasteiger charge is -2.16. The number of rotatable bonds is 8. The summed E-state index contributed by atoms with van der Waals surface area (Å²) >= 11 is 0. The third-order valence-corrected chi connectivity index (χ3v) is 6.89. The van der Waals surface area contributed by atoms with Gasteiger partial charge in [-0.2, -0.15) is 0 Å². The Morgan fingerprint density at radius 2 is 1.90 bits per heavy atom. The van der Waals surface area contributed by atoms with Crippen LogP contribution in [0.4, 0.5) is 5.82 Å². The number of anilines is 1. The Balaban J connectivity index is 1.12. The van der Waals surface area contributed by atoms with Gasteiger partial charge in [-0.1, -0.05) is 42.5 Å². The summed E-state index contributed by atoms with van der Waals surface area (Å²) in [5, 5.41) is 24.7. The van der Waals surface area contributed by atoms with Crippen LogP contribution in [0.15, 0.2) is 61.7 Å². The second kappa shape index (κ2) is 10.6. The number of aliphatic hydroxyl groups excluding tert-OH is 2. The highest BCUT2D eigenvalue weighted by molar-refractivity contribution is 6.15. The van der Waals surface area contributed by atoms with Crippen molar-refractivity contribution in [2.24, 2.45) is 0 Å². The number of ether oxygens (including phenoxy) is 4. The minimum absolute atomic E-state index is 0.183. The van der Waals surface area contributed by atoms with E-state index < -0.39 is 30.5 Å². The number of aromatic nitrogens is 4. The van der Waals surface area contributed by atoms with E-state index >= 15 is 0 Å². The van der Waals surface area contributed by atoms with E-state index in [1.807, 2.05) is 37.3 Å². The van der Waals surface area contributed by atoms with Crippen LogP contribution in [0, 0.1) is 6.92 Å². The van der Waals surface area contributed by atoms with E-state index in [1.54, 1.807) is 12.1 Å². The largest absolute Gasteiger partial charge is 0.459 e. The molecule has 12 heteroatoms. The number of nitrogens with one attached hydrogen (secondary N) is 1. The molecule has 0 bridgehead atoms. The minimum atomic E-state index is -1.32. The van der Waals surface area contributed by atoms with Crippen LogP contribution in [0.2, 0.25) is 0 Å². The Bertz CT molecular complexity index is 1570. The molecule has 4 atom stereocenters. The highest BCUT2D eigenvalue weighted by Crippen LogP contribution is 2.34. The number of fused-ring (bicyclic) bond motifs is 2. The number of nitrogens with zero attached hydrogens (tertiary/aromatic N) is 4. The van der Waals surface area contributed by atoms with E-state index in [4.69, 9.17) is 18.9 Å². The SMILES string of the molecule is C=C(C(=O)OC[C@H]1O[C@@H](n2cnc3c(NCc4ccc5c(c4)OCO5)ncnc32)[C@H](O)[C@@H]1O)c1ccc(C)cc1. The summed E-state index contributed by atoms with van der Waals surface area (Å²) in [5.41, 5.74) is 3.67. The first-order chi connectivity index (χ1) is 19.4. The fourth-order valence-electron chi connectivity index (χ4n) is 4.62. The van der Waals surface area contributed by atoms with Crippen molar-refractivity contribution in [1.29, 1.82) is 0 Å². The highest BCUT2D eigenvalue weighted by Gasteiger charge is 2.45. The Hall–Kier alpha value is -4.52. The third kappa shape index (κ3) is 4.83. The van der Waals surface area contributed by atoms with Gasteiger partial charge in [0.15, 0.2) is 34.7 Å². The zero-order valence-electron chi connectivity index (χ0n) is 21.6. The van der Waals surface area contributed by atoms with E-state index in [2.05, 4.69) is 26.8 Å². The topological polar surface area (TPSA) is 150 Å². The lowest BCUT2D eigenvalue weighted by atomic mass is 10.1. The van der Waals surface area contributed by atoms with Crippen molar-refractivity contribution in [1.82, 2.24) is 19.5 Å². The molecular weight excluding hydrogens is 518 g/mol. The first kappa shape index (κ1) is 25.7. The predicted molar refractivity (Wildman–Crippen MR) is 142 cm³/mol. The van der Waals surface area contributed by atoms with Crippen LogP contribution < -0.4 is 14.8 Å². The van der Waals surface area contributed by atoms with Gasteiger partial charge in [-0.05, 0) is 30.2 Å². The Morgan fingerprint density at radius 1 is 1.10 bits per heavy atom. The molecule has 1 saturated heterocycles. The molecule has 0 unspecified atom stereocenters. The molecule has 1 fully saturated rings. The molecule has 206 valence electrons. The summed E-state index contributed by atoms with van der Waals surface area (Å²) in [6.07, 6.45) is -1.79. The summed E-state index contributed by atoms with van der Waals surface area (Å²) in [6.45, 7) is 6.12. The van der Waals surface area contributed by atoms with Gasteiger partial charge in [-0.25, -0.2) is 19.7 Å². The van der Waals surface area contributed by atoms with Gasteiger partial charge in [0.1, 0.15) is 31.2 Å². The van der Waals surface area contributed by atoms with Crippen molar-refractivity contribution in [3.05, 3.63) is 78.4 Å². The van der Waals surface area contributed by atoms with Crippen molar-refractivity contribution < 1.29 is 34.0 Å². The summed E-state index contributed by atoms with van der Waals surface area (Å²) in [6, 6.07) is 13.0. The molecule has 2 aromatic carbocycles. The molecule has 4 aromatic rings. The second-order valence-electron chi connectivity index (χ2n) is 9.58. The van der Waals surface area contributed by atoms with Gasteiger partial charge in [-0.15, -0.1) is 0 Å². The number of hydrogen-bond donors (Lipinski definition) is 3. The summed E-state index contributed by atoms with van der Waals surface area (Å²) in [4.78, 5) is 25.6. The van der Waals surface area contributed by atoms with Crippen LogP contribution >= 0.6 is 0 Å². The quantitative estimate of drug-likeness (QED) is 0.221. The van der Waals surface area contributed by atoms with Gasteiger partial charge >= 0.3 is 5.97 Å². The van der Waals surface area contributed by atoms with Crippen molar-refractivity contribution in [3.8, 4) is 11.5 Å². The molecule has 4 heterocycles. The lowest BCUT2D eigenvalue weighted by Crippen LogP contribution is -2.34. The van der Waals surface area contributed by atoms with Gasteiger partial charge < -0.3 is 34.5 Å². The molecule has 0 saturated carbocycles. The Labute approximate surface area is 228 Å². The zero-order valence-corrected chi connectivity index (χ0v) is 21.6. The van der Waals surface area contributed by atoms with Crippen LogP contribution in [-0.2, 0) is 20.8 Å². The van der Waals surface area contributed by atoms with Crippen LogP contribution in [0.25, 0.3) is 16.7 Å². The van der Waals surface area contributed by atoms with Crippen molar-refractivity contribution >= 4 is 28.5 Å². The van der Waals surface area contributed by atoms with E-state index in [1.165, 1.54) is 17.2 Å². The summed E-state index contributed by atoms with van der Waals surface area (Å²) in [7, 11) is 0. The average molecular weight is 546 g/mol. The number of imidazole rings is 1. The molecule has 3 N–H and O–H groups in total. The van der Waals surface area contributed by atoms with Crippen LogP contribution in [0.1, 0.15) is 22.9 Å². The number of carbonyl (C=O) groups is 1. The van der Waals surface area contributed by atoms with E-state index in [9.17, 15) is 15.0 Å². The molecule has 0 amide bonds. The van der Waals surface area contributed by atoms with Gasteiger partial charge in [-0.3, -0.25) is 4.57 Å². The van der Waals surface area contributed by atoms with Crippen LogP contribution in [0.5, 0.6) is 11.5 Å². The zero-order chi connectivity index (χ0) is 27.8. The first-order valence-corrected chi connectivity index (χ1v) is 12.6. The number of benzene rings is 2. The number of carbonyl (C=O) groups excluding carboxylic acids is 1. The van der Waals surface area contributed by atoms with Gasteiger partial charge in [0.05, 0.1) is 11.9 Å². The summed E-state index contributed by atoms with van der Waals surface area (Å²) in [5.74, 6) is 1.22. The maximum atomic E-state index is 12.5.